The van der Waals surface area contributed by atoms with E-state index in [1.807, 2.05) is 13.8 Å². The Morgan fingerprint density at radius 2 is 1.60 bits per heavy atom. The van der Waals surface area contributed by atoms with Crippen molar-refractivity contribution in [1.82, 2.24) is 15.1 Å². The molecule has 2 aromatic carbocycles. The van der Waals surface area contributed by atoms with Gasteiger partial charge >= 0.3 is 0 Å². The summed E-state index contributed by atoms with van der Waals surface area (Å²) in [5.74, 6) is -1.58. The summed E-state index contributed by atoms with van der Waals surface area (Å²) in [6.45, 7) is 4.67. The van der Waals surface area contributed by atoms with Gasteiger partial charge in [0.2, 0.25) is 11.8 Å². The highest BCUT2D eigenvalue weighted by Crippen LogP contribution is 2.23. The Morgan fingerprint density at radius 1 is 0.971 bits per heavy atom. The second-order valence-corrected chi connectivity index (χ2v) is 8.63. The summed E-state index contributed by atoms with van der Waals surface area (Å²) in [6, 6.07) is 11.8. The van der Waals surface area contributed by atoms with E-state index in [-0.39, 0.29) is 55.4 Å². The van der Waals surface area contributed by atoms with Crippen LogP contribution in [0.25, 0.3) is 0 Å². The van der Waals surface area contributed by atoms with Crippen molar-refractivity contribution in [2.75, 3.05) is 13.1 Å². The molecule has 35 heavy (non-hydrogen) atoms. The van der Waals surface area contributed by atoms with Crippen LogP contribution in [0.15, 0.2) is 48.5 Å². The van der Waals surface area contributed by atoms with Crippen LogP contribution in [0, 0.1) is 5.82 Å². The topological polar surface area (TPSA) is 86.8 Å². The molecule has 0 aliphatic carbocycles. The molecule has 1 aliphatic rings. The number of nitrogens with one attached hydrogen (secondary N) is 1. The number of imide groups is 1. The lowest BCUT2D eigenvalue weighted by Gasteiger charge is -2.31. The first-order valence-corrected chi connectivity index (χ1v) is 12.1. The molecule has 0 saturated carbocycles. The van der Waals surface area contributed by atoms with Crippen molar-refractivity contribution >= 4 is 23.6 Å². The van der Waals surface area contributed by atoms with Gasteiger partial charge in [0.25, 0.3) is 11.8 Å². The van der Waals surface area contributed by atoms with Gasteiger partial charge in [0.05, 0.1) is 11.1 Å². The third-order valence-corrected chi connectivity index (χ3v) is 6.13. The summed E-state index contributed by atoms with van der Waals surface area (Å²) in [5, 5.41) is 2.90. The van der Waals surface area contributed by atoms with Gasteiger partial charge in [-0.1, -0.05) is 44.5 Å². The molecule has 7 nitrogen and oxygen atoms in total. The van der Waals surface area contributed by atoms with E-state index in [0.717, 1.165) is 17.7 Å². The third-order valence-electron chi connectivity index (χ3n) is 6.13. The van der Waals surface area contributed by atoms with Crippen LogP contribution in [0.4, 0.5) is 4.39 Å². The molecular formula is C27H32FN3O4. The Labute approximate surface area is 205 Å². The molecule has 1 unspecified atom stereocenters. The molecule has 1 heterocycles. The van der Waals surface area contributed by atoms with Crippen LogP contribution in [0.3, 0.4) is 0 Å². The predicted octanol–water partition coefficient (Wildman–Crippen LogP) is 3.93. The van der Waals surface area contributed by atoms with Crippen LogP contribution >= 0.6 is 0 Å². The fraction of sp³-hybridized carbons (Fsp3) is 0.407. The van der Waals surface area contributed by atoms with Gasteiger partial charge in [0.15, 0.2) is 0 Å². The Bertz CT molecular complexity index is 1040. The van der Waals surface area contributed by atoms with Crippen LogP contribution in [-0.2, 0) is 16.1 Å². The van der Waals surface area contributed by atoms with Gasteiger partial charge in [0.1, 0.15) is 11.9 Å². The minimum absolute atomic E-state index is 0.0628. The molecule has 186 valence electrons. The van der Waals surface area contributed by atoms with E-state index < -0.39 is 6.04 Å². The standard InChI is InChI=1S/C27H32FN3O4/c1-3-5-16-29-25(33)23(4-2)31(18-19-12-14-20(28)15-13-19)24(32)11-8-17-30-26(34)21-9-6-7-10-22(21)27(30)35/h6-7,9-10,12-15,23H,3-5,8,11,16-18H2,1-2H3,(H,29,33). The average Bonchev–Trinajstić information content (AvgIpc) is 3.10. The molecular weight excluding hydrogens is 449 g/mol. The molecule has 4 amide bonds. The number of rotatable bonds is 12. The molecule has 0 saturated heterocycles. The molecule has 0 bridgehead atoms. The summed E-state index contributed by atoms with van der Waals surface area (Å²) >= 11 is 0. The zero-order valence-electron chi connectivity index (χ0n) is 20.3. The minimum atomic E-state index is -0.677. The first kappa shape index (κ1) is 26.1. The van der Waals surface area contributed by atoms with Crippen LogP contribution in [0.2, 0.25) is 0 Å². The first-order chi connectivity index (χ1) is 16.9. The maximum atomic E-state index is 13.4. The summed E-state index contributed by atoms with van der Waals surface area (Å²) < 4.78 is 13.4. The van der Waals surface area contributed by atoms with Crippen LogP contribution in [0.5, 0.6) is 0 Å². The molecule has 3 rings (SSSR count). The van der Waals surface area contributed by atoms with E-state index in [1.54, 1.807) is 36.4 Å². The number of hydrogen-bond acceptors (Lipinski definition) is 4. The molecule has 0 aromatic heterocycles. The number of nitrogens with zero attached hydrogens (tertiary/aromatic N) is 2. The van der Waals surface area contributed by atoms with Crippen molar-refractivity contribution in [3.63, 3.8) is 0 Å². The highest BCUT2D eigenvalue weighted by molar-refractivity contribution is 6.21. The van der Waals surface area contributed by atoms with Crippen molar-refractivity contribution in [3.8, 4) is 0 Å². The minimum Gasteiger partial charge on any atom is -0.354 e. The Kier molecular flexibility index (Phi) is 9.11. The molecule has 1 aliphatic heterocycles. The lowest BCUT2D eigenvalue weighted by Crippen LogP contribution is -2.49. The second-order valence-electron chi connectivity index (χ2n) is 8.63. The summed E-state index contributed by atoms with van der Waals surface area (Å²) in [7, 11) is 0. The van der Waals surface area contributed by atoms with E-state index >= 15 is 0 Å². The Balaban J connectivity index is 1.68. The molecule has 1 N–H and O–H groups in total. The van der Waals surface area contributed by atoms with E-state index in [4.69, 9.17) is 0 Å². The zero-order chi connectivity index (χ0) is 25.4. The smallest absolute Gasteiger partial charge is 0.261 e. The molecule has 0 radical (unpaired) electrons. The highest BCUT2D eigenvalue weighted by atomic mass is 19.1. The van der Waals surface area contributed by atoms with Crippen molar-refractivity contribution in [1.29, 1.82) is 0 Å². The quantitative estimate of drug-likeness (QED) is 0.368. The van der Waals surface area contributed by atoms with Crippen molar-refractivity contribution < 1.29 is 23.6 Å². The molecule has 2 aromatic rings. The van der Waals surface area contributed by atoms with Crippen LogP contribution in [-0.4, -0.2) is 52.6 Å². The van der Waals surface area contributed by atoms with E-state index in [2.05, 4.69) is 5.32 Å². The number of carbonyl (C=O) groups is 4. The van der Waals surface area contributed by atoms with Gasteiger partial charge in [-0.25, -0.2) is 4.39 Å². The number of fused-ring (bicyclic) bond motifs is 1. The number of carbonyl (C=O) groups excluding carboxylic acids is 4. The first-order valence-electron chi connectivity index (χ1n) is 12.1. The van der Waals surface area contributed by atoms with Crippen molar-refractivity contribution in [3.05, 3.63) is 71.0 Å². The average molecular weight is 482 g/mol. The van der Waals surface area contributed by atoms with Gasteiger partial charge in [-0.05, 0) is 49.1 Å². The largest absolute Gasteiger partial charge is 0.354 e. The maximum absolute atomic E-state index is 13.4. The van der Waals surface area contributed by atoms with E-state index in [0.29, 0.717) is 29.7 Å². The molecule has 1 atom stereocenters. The fourth-order valence-corrected chi connectivity index (χ4v) is 4.19. The van der Waals surface area contributed by atoms with Crippen molar-refractivity contribution in [2.24, 2.45) is 0 Å². The zero-order valence-corrected chi connectivity index (χ0v) is 20.3. The number of hydrogen-bond donors (Lipinski definition) is 1. The van der Waals surface area contributed by atoms with Gasteiger partial charge in [0, 0.05) is 26.1 Å². The SMILES string of the molecule is CCCCNC(=O)C(CC)N(Cc1ccc(F)cc1)C(=O)CCCN1C(=O)c2ccccc2C1=O. The number of halogens is 1. The second kappa shape index (κ2) is 12.2. The number of benzene rings is 2. The van der Waals surface area contributed by atoms with Gasteiger partial charge in [-0.3, -0.25) is 24.1 Å². The van der Waals surface area contributed by atoms with E-state index in [9.17, 15) is 23.6 Å². The predicted molar refractivity (Wildman–Crippen MR) is 130 cm³/mol. The molecule has 0 spiro atoms. The van der Waals surface area contributed by atoms with Gasteiger partial charge < -0.3 is 10.2 Å². The van der Waals surface area contributed by atoms with E-state index in [1.165, 1.54) is 17.0 Å². The maximum Gasteiger partial charge on any atom is 0.261 e. The highest BCUT2D eigenvalue weighted by Gasteiger charge is 2.35. The Morgan fingerprint density at radius 3 is 2.17 bits per heavy atom. The lowest BCUT2D eigenvalue weighted by atomic mass is 10.1. The van der Waals surface area contributed by atoms with Gasteiger partial charge in [-0.2, -0.15) is 0 Å². The van der Waals surface area contributed by atoms with Crippen LogP contribution < -0.4 is 5.32 Å². The summed E-state index contributed by atoms with van der Waals surface area (Å²) in [6.07, 6.45) is 2.54. The van der Waals surface area contributed by atoms with Crippen molar-refractivity contribution in [2.45, 2.75) is 58.5 Å². The molecule has 0 fully saturated rings. The fourth-order valence-electron chi connectivity index (χ4n) is 4.19. The Hall–Kier alpha value is -3.55. The lowest BCUT2D eigenvalue weighted by molar-refractivity contribution is -0.141. The number of unbranched alkanes of at least 4 members (excludes halogenated alkanes) is 1. The monoisotopic (exact) mass is 481 g/mol. The molecule has 8 heteroatoms. The van der Waals surface area contributed by atoms with Crippen LogP contribution in [0.1, 0.15) is 72.2 Å². The summed E-state index contributed by atoms with van der Waals surface area (Å²) in [5.41, 5.74) is 1.45. The third kappa shape index (κ3) is 6.32. The normalized spacial score (nSPS) is 13.5. The number of amides is 4. The van der Waals surface area contributed by atoms with Gasteiger partial charge in [-0.15, -0.1) is 0 Å². The summed E-state index contributed by atoms with van der Waals surface area (Å²) in [4.78, 5) is 54.0.